The average molecular weight is 1970 g/mol. The van der Waals surface area contributed by atoms with Crippen LogP contribution in [0.1, 0.15) is 0 Å². The zero-order chi connectivity index (χ0) is 98.5. The first-order valence-corrected chi connectivity index (χ1v) is 52.4. The van der Waals surface area contributed by atoms with Gasteiger partial charge in [0, 0.05) is 143 Å². The first kappa shape index (κ1) is 86.2. The maximum absolute atomic E-state index is 6.73. The van der Waals surface area contributed by atoms with Crippen LogP contribution in [0.5, 0.6) is 0 Å². The van der Waals surface area contributed by atoms with Crippen LogP contribution in [-0.4, -0.2) is 44.9 Å². The van der Waals surface area contributed by atoms with Gasteiger partial charge >= 0.3 is 0 Å². The van der Waals surface area contributed by atoms with Gasteiger partial charge in [0.2, 0.25) is 0 Å². The molecule has 0 radical (unpaired) electrons. The molecule has 0 aliphatic heterocycles. The van der Waals surface area contributed by atoms with Crippen molar-refractivity contribution in [1.82, 2.24) is 44.9 Å². The van der Waals surface area contributed by atoms with Crippen molar-refractivity contribution >= 4 is 160 Å². The second kappa shape index (κ2) is 35.3. The van der Waals surface area contributed by atoms with E-state index in [1.54, 1.807) is 0 Å². The molecule has 0 amide bonds. The van der Waals surface area contributed by atoms with E-state index in [4.69, 9.17) is 58.1 Å². The summed E-state index contributed by atoms with van der Waals surface area (Å²) in [4.78, 5) is 47.4. The van der Waals surface area contributed by atoms with Gasteiger partial charge in [0.05, 0.1) is 0 Å². The van der Waals surface area contributed by atoms with Crippen molar-refractivity contribution in [1.29, 1.82) is 0 Å². The normalized spacial score (nSPS) is 11.9. The lowest BCUT2D eigenvalue weighted by molar-refractivity contribution is 0.668. The Kier molecular flexibility index (Phi) is 20.3. The van der Waals surface area contributed by atoms with Crippen molar-refractivity contribution in [2.75, 3.05) is 0 Å². The van der Waals surface area contributed by atoms with E-state index in [0.29, 0.717) is 52.4 Å². The lowest BCUT2D eigenvalue weighted by Gasteiger charge is -2.12. The van der Waals surface area contributed by atoms with Crippen molar-refractivity contribution in [2.24, 2.45) is 0 Å². The van der Waals surface area contributed by atoms with E-state index in [-0.39, 0.29) is 0 Å². The highest BCUT2D eigenvalue weighted by Crippen LogP contribution is 2.50. The monoisotopic (exact) mass is 1970 g/mol. The van der Waals surface area contributed by atoms with Crippen molar-refractivity contribution in [3.05, 3.63) is 467 Å². The Balaban J connectivity index is 0.427. The standard InChI is InChI=1S/C135H77N9O3S3/c1-4-23-78(24-5-1)86-58-64-120-111(72-86)105-44-19-42-101(124(105)148-120)92-34-18-38-96(71-92)132-142-131(143-135(144-132)109-47-22-50-117-123(109)108-40-11-13-49-115(108)145-117)93-35-15-31-85(68-93)83-29-14-30-84(67-83)88-60-66-122-113(74-88)107-46-21-43-100(126(107)150-122)90-32-16-36-94(69-90)129-136-127(81-25-6-2-7-26-81)138-133(140-129)97-57-63-116-110(75-97)104-61-55-89(76-118(104)147-116)80-53-51-79(52-54-80)87-59-65-121-112(73-87)106-45-20-41-99(125(106)149-121)91-33-17-37-95(70-91)130-137-128(82-27-8-3-9-28-82)139-134(141-130)98-56-62-103-102-39-10-12-48-114(102)146-119(103)77-98/h1-77H. The van der Waals surface area contributed by atoms with Gasteiger partial charge in [-0.05, 0) is 216 Å². The molecular weight excluding hydrogens is 1890 g/mol. The fourth-order valence-electron chi connectivity index (χ4n) is 21.7. The van der Waals surface area contributed by atoms with Crippen molar-refractivity contribution in [3.63, 3.8) is 0 Å². The summed E-state index contributed by atoms with van der Waals surface area (Å²) >= 11 is 5.47. The second-order valence-corrected chi connectivity index (χ2v) is 41.3. The number of hydrogen-bond donors (Lipinski definition) is 0. The van der Waals surface area contributed by atoms with Gasteiger partial charge in [0.25, 0.3) is 0 Å². The third kappa shape index (κ3) is 15.1. The molecule has 0 N–H and O–H groups in total. The number of hydrogen-bond acceptors (Lipinski definition) is 15. The van der Waals surface area contributed by atoms with Crippen molar-refractivity contribution in [2.45, 2.75) is 0 Å². The van der Waals surface area contributed by atoms with Crippen molar-refractivity contribution < 1.29 is 13.3 Å². The molecule has 0 atom stereocenters. The minimum absolute atomic E-state index is 0.556. The molecule has 9 aromatic heterocycles. The molecule has 0 fully saturated rings. The molecule has 0 spiro atoms. The maximum Gasteiger partial charge on any atom is 0.164 e. The smallest absolute Gasteiger partial charge is 0.164 e. The molecule has 12 nitrogen and oxygen atoms in total. The first-order valence-electron chi connectivity index (χ1n) is 49.9. The number of fused-ring (bicyclic) bond motifs is 18. The summed E-state index contributed by atoms with van der Waals surface area (Å²) < 4.78 is 26.9. The Morgan fingerprint density at radius 1 is 0.127 bits per heavy atom. The Hall–Kier alpha value is -19.3. The van der Waals surface area contributed by atoms with Crippen LogP contribution in [0, 0.1) is 0 Å². The number of nitrogens with zero attached hydrogens (tertiary/aromatic N) is 9. The van der Waals surface area contributed by atoms with E-state index in [9.17, 15) is 0 Å². The Morgan fingerprint density at radius 3 is 0.840 bits per heavy atom. The van der Waals surface area contributed by atoms with Crippen molar-refractivity contribution in [3.8, 4) is 192 Å². The van der Waals surface area contributed by atoms with Crippen LogP contribution >= 0.6 is 34.0 Å². The Bertz CT molecular complexity index is 10800. The minimum Gasteiger partial charge on any atom is -0.456 e. The molecule has 30 rings (SSSR count). The first-order chi connectivity index (χ1) is 74.2. The zero-order valence-corrected chi connectivity index (χ0v) is 82.4. The summed E-state index contributed by atoms with van der Waals surface area (Å²) in [6.07, 6.45) is 0. The fraction of sp³-hybridized carbons (Fsp3) is 0. The van der Waals surface area contributed by atoms with E-state index in [1.165, 1.54) is 71.6 Å². The summed E-state index contributed by atoms with van der Waals surface area (Å²) in [5.74, 6) is 5.16. The van der Waals surface area contributed by atoms with Gasteiger partial charge in [-0.3, -0.25) is 0 Å². The number of aromatic nitrogens is 9. The van der Waals surface area contributed by atoms with E-state index < -0.39 is 0 Å². The van der Waals surface area contributed by atoms with Crippen LogP contribution < -0.4 is 0 Å². The molecule has 15 heteroatoms. The number of rotatable bonds is 17. The van der Waals surface area contributed by atoms with Crippen LogP contribution in [0.15, 0.2) is 480 Å². The molecule has 30 aromatic rings. The number of para-hydroxylation sites is 2. The third-order valence-electron chi connectivity index (χ3n) is 29.1. The molecule has 9 heterocycles. The molecular formula is C135H77N9O3S3. The average Bonchev–Trinajstić information content (AvgIpc) is 1.73. The van der Waals surface area contributed by atoms with E-state index >= 15 is 0 Å². The lowest BCUT2D eigenvalue weighted by Crippen LogP contribution is -2.00. The van der Waals surface area contributed by atoms with Gasteiger partial charge in [-0.25, -0.2) is 44.9 Å². The SMILES string of the molecule is c1ccc(-c2ccc3sc4c(-c5cccc(-c6nc(-c7cccc(-c8cccc(-c9ccc%10sc%11c(-c%12cccc(-c%13nc(-c%14ccccc%14)nc(-c%14ccc%15oc%16cc(-c%17ccc(-c%18ccc%19sc%20c(-c%21cccc(-c%22nc(-c%23ccccc%23)nc(-c%23ccc%24c(c%23)oc%23ccccc%23%24)n%22)c%21)cccc%20c%19c%18)cc%17)ccc%16c%15c%14)n%13)c%12)cccc%11c%10c9)c8)c7)nc(-c7cccc8oc9ccccc9c78)n6)c5)cccc4c3c2)cc1. The zero-order valence-electron chi connectivity index (χ0n) is 79.9. The quantitative estimate of drug-likeness (QED) is 0.0852. The summed E-state index contributed by atoms with van der Waals surface area (Å²) in [5, 5.41) is 13.3. The molecule has 150 heavy (non-hydrogen) atoms. The van der Waals surface area contributed by atoms with Gasteiger partial charge in [-0.1, -0.05) is 340 Å². The molecule has 0 bridgehead atoms. The summed E-state index contributed by atoms with van der Waals surface area (Å²) in [6.45, 7) is 0. The topological polar surface area (TPSA) is 155 Å². The van der Waals surface area contributed by atoms with Gasteiger partial charge < -0.3 is 13.3 Å². The lowest BCUT2D eigenvalue weighted by atomic mass is 9.96. The minimum atomic E-state index is 0.556. The predicted octanol–water partition coefficient (Wildman–Crippen LogP) is 37.4. The van der Waals surface area contributed by atoms with Gasteiger partial charge in [0.1, 0.15) is 33.5 Å². The molecule has 21 aromatic carbocycles. The molecule has 0 aliphatic rings. The third-order valence-corrected chi connectivity index (χ3v) is 32.7. The van der Waals surface area contributed by atoms with E-state index in [0.717, 1.165) is 194 Å². The highest BCUT2D eigenvalue weighted by atomic mass is 32.1. The van der Waals surface area contributed by atoms with E-state index in [1.807, 2.05) is 143 Å². The van der Waals surface area contributed by atoms with Crippen LogP contribution in [0.4, 0.5) is 0 Å². The highest BCUT2D eigenvalue weighted by Gasteiger charge is 2.26. The molecule has 0 aliphatic carbocycles. The summed E-state index contributed by atoms with van der Waals surface area (Å²) in [5.41, 5.74) is 30.4. The molecule has 0 saturated carbocycles. The molecule has 0 unspecified atom stereocenters. The molecule has 0 saturated heterocycles. The fourth-order valence-corrected chi connectivity index (χ4v) is 25.3. The Morgan fingerprint density at radius 2 is 0.373 bits per heavy atom. The van der Waals surface area contributed by atoms with Crippen LogP contribution in [0.3, 0.4) is 0 Å². The largest absolute Gasteiger partial charge is 0.456 e. The van der Waals surface area contributed by atoms with E-state index in [2.05, 4.69) is 358 Å². The number of benzene rings is 21. The predicted molar refractivity (Wildman–Crippen MR) is 620 cm³/mol. The van der Waals surface area contributed by atoms with Crippen LogP contribution in [-0.2, 0) is 0 Å². The molecule has 698 valence electrons. The maximum atomic E-state index is 6.73. The van der Waals surface area contributed by atoms with Gasteiger partial charge in [-0.15, -0.1) is 34.0 Å². The van der Waals surface area contributed by atoms with Crippen LogP contribution in [0.2, 0.25) is 0 Å². The summed E-state index contributed by atoms with van der Waals surface area (Å²) in [6, 6.07) is 165. The Labute approximate surface area is 870 Å². The van der Waals surface area contributed by atoms with Crippen LogP contribution in [0.25, 0.3) is 318 Å². The number of furan rings is 3. The highest BCUT2D eigenvalue weighted by molar-refractivity contribution is 7.27. The van der Waals surface area contributed by atoms with Gasteiger partial charge in [-0.2, -0.15) is 0 Å². The number of thiophene rings is 3. The van der Waals surface area contributed by atoms with Gasteiger partial charge in [0.15, 0.2) is 52.4 Å². The summed E-state index contributed by atoms with van der Waals surface area (Å²) in [7, 11) is 0. The second-order valence-electron chi connectivity index (χ2n) is 38.1.